The maximum atomic E-state index is 12.7. The van der Waals surface area contributed by atoms with Crippen LogP contribution in [0.15, 0.2) is 43.1 Å². The van der Waals surface area contributed by atoms with Crippen LogP contribution in [0.2, 0.25) is 0 Å². The highest BCUT2D eigenvalue weighted by Crippen LogP contribution is 2.29. The van der Waals surface area contributed by atoms with Gasteiger partial charge < -0.3 is 19.7 Å². The molecule has 1 fully saturated rings. The first-order chi connectivity index (χ1) is 14.7. The Balaban J connectivity index is 1.51. The molecule has 0 radical (unpaired) electrons. The number of imidazole rings is 1. The number of aromatic nitrogens is 4. The SMILES string of the molecule is COc1ccc(NC(=O)c2cn(-c3cc(N4CCSCC4)ncn3)cn2)c(OC)c1. The molecule has 1 amide bonds. The van der Waals surface area contributed by atoms with Crippen LogP contribution < -0.4 is 19.7 Å². The standard InChI is InChI=1S/C20H22N6O3S/c1-28-14-3-4-15(17(9-14)29-2)24-20(27)16-11-26(13-23-16)19-10-18(21-12-22-19)25-5-7-30-8-6-25/h3-4,9-13H,5-8H2,1-2H3,(H,24,27). The van der Waals surface area contributed by atoms with Gasteiger partial charge in [-0.25, -0.2) is 15.0 Å². The highest BCUT2D eigenvalue weighted by atomic mass is 32.2. The first-order valence-electron chi connectivity index (χ1n) is 9.40. The summed E-state index contributed by atoms with van der Waals surface area (Å²) in [5.41, 5.74) is 0.799. The molecular weight excluding hydrogens is 404 g/mol. The van der Waals surface area contributed by atoms with Crippen LogP contribution in [0.25, 0.3) is 5.82 Å². The van der Waals surface area contributed by atoms with Crippen molar-refractivity contribution in [2.75, 3.05) is 49.0 Å². The average molecular weight is 427 g/mol. The molecular formula is C20H22N6O3S. The minimum atomic E-state index is -0.348. The van der Waals surface area contributed by atoms with Crippen molar-refractivity contribution < 1.29 is 14.3 Å². The van der Waals surface area contributed by atoms with Gasteiger partial charge in [-0.2, -0.15) is 11.8 Å². The van der Waals surface area contributed by atoms with Crippen molar-refractivity contribution in [1.82, 2.24) is 19.5 Å². The van der Waals surface area contributed by atoms with Gasteiger partial charge in [0, 0.05) is 42.9 Å². The van der Waals surface area contributed by atoms with Crippen molar-refractivity contribution in [1.29, 1.82) is 0 Å². The molecule has 1 aliphatic rings. The number of carbonyl (C=O) groups is 1. The third kappa shape index (κ3) is 4.33. The number of hydrogen-bond donors (Lipinski definition) is 1. The average Bonchev–Trinajstić information content (AvgIpc) is 3.30. The summed E-state index contributed by atoms with van der Waals surface area (Å²) in [6, 6.07) is 7.08. The van der Waals surface area contributed by atoms with Crippen LogP contribution in [0.5, 0.6) is 11.5 Å². The van der Waals surface area contributed by atoms with Crippen LogP contribution >= 0.6 is 11.8 Å². The van der Waals surface area contributed by atoms with Gasteiger partial charge in [-0.3, -0.25) is 9.36 Å². The maximum absolute atomic E-state index is 12.7. The van der Waals surface area contributed by atoms with Crippen molar-refractivity contribution in [3.63, 3.8) is 0 Å². The molecule has 1 N–H and O–H groups in total. The third-order valence-corrected chi connectivity index (χ3v) is 5.65. The molecule has 2 aromatic heterocycles. The maximum Gasteiger partial charge on any atom is 0.275 e. The predicted octanol–water partition coefficient (Wildman–Crippen LogP) is 2.49. The first-order valence-corrected chi connectivity index (χ1v) is 10.6. The molecule has 3 heterocycles. The predicted molar refractivity (Wildman–Crippen MR) is 116 cm³/mol. The van der Waals surface area contributed by atoms with Crippen LogP contribution in [0.4, 0.5) is 11.5 Å². The van der Waals surface area contributed by atoms with Gasteiger partial charge >= 0.3 is 0 Å². The van der Waals surface area contributed by atoms with Gasteiger partial charge in [0.2, 0.25) is 0 Å². The molecule has 0 bridgehead atoms. The van der Waals surface area contributed by atoms with Crippen molar-refractivity contribution in [3.05, 3.63) is 48.8 Å². The normalized spacial score (nSPS) is 13.7. The summed E-state index contributed by atoms with van der Waals surface area (Å²) in [6.45, 7) is 1.92. The van der Waals surface area contributed by atoms with Gasteiger partial charge in [-0.1, -0.05) is 0 Å². The molecule has 0 unspecified atom stereocenters. The van der Waals surface area contributed by atoms with Crippen LogP contribution in [-0.2, 0) is 0 Å². The number of anilines is 2. The Labute approximate surface area is 178 Å². The Hall–Kier alpha value is -3.27. The number of thioether (sulfide) groups is 1. The first kappa shape index (κ1) is 20.0. The number of nitrogens with zero attached hydrogens (tertiary/aromatic N) is 5. The lowest BCUT2D eigenvalue weighted by atomic mass is 10.2. The molecule has 156 valence electrons. The second kappa shape index (κ2) is 9.04. The number of rotatable bonds is 6. The second-order valence-corrected chi connectivity index (χ2v) is 7.75. The number of amides is 1. The highest BCUT2D eigenvalue weighted by molar-refractivity contribution is 7.99. The summed E-state index contributed by atoms with van der Waals surface area (Å²) in [7, 11) is 3.11. The quantitative estimate of drug-likeness (QED) is 0.643. The van der Waals surface area contributed by atoms with Crippen molar-refractivity contribution in [2.24, 2.45) is 0 Å². The summed E-state index contributed by atoms with van der Waals surface area (Å²) in [6.07, 6.45) is 4.75. The Morgan fingerprint density at radius 1 is 1.07 bits per heavy atom. The second-order valence-electron chi connectivity index (χ2n) is 6.52. The minimum Gasteiger partial charge on any atom is -0.497 e. The van der Waals surface area contributed by atoms with E-state index in [-0.39, 0.29) is 11.6 Å². The molecule has 1 saturated heterocycles. The van der Waals surface area contributed by atoms with E-state index in [1.165, 1.54) is 13.4 Å². The molecule has 9 nitrogen and oxygen atoms in total. The summed E-state index contributed by atoms with van der Waals surface area (Å²) >= 11 is 1.95. The Morgan fingerprint density at radius 3 is 2.63 bits per heavy atom. The van der Waals surface area contributed by atoms with E-state index in [1.54, 1.807) is 42.4 Å². The number of ether oxygens (including phenoxy) is 2. The zero-order chi connectivity index (χ0) is 20.9. The molecule has 0 aliphatic carbocycles. The van der Waals surface area contributed by atoms with Gasteiger partial charge in [0.05, 0.1) is 19.9 Å². The van der Waals surface area contributed by atoms with Crippen molar-refractivity contribution >= 4 is 29.2 Å². The summed E-state index contributed by atoms with van der Waals surface area (Å²) in [5.74, 6) is 4.50. The number of benzene rings is 1. The minimum absolute atomic E-state index is 0.266. The largest absolute Gasteiger partial charge is 0.497 e. The van der Waals surface area contributed by atoms with Gasteiger partial charge in [0.25, 0.3) is 5.91 Å². The van der Waals surface area contributed by atoms with E-state index in [9.17, 15) is 4.79 Å². The fraction of sp³-hybridized carbons (Fsp3) is 0.300. The lowest BCUT2D eigenvalue weighted by Gasteiger charge is -2.27. The number of nitrogens with one attached hydrogen (secondary N) is 1. The van der Waals surface area contributed by atoms with E-state index >= 15 is 0 Å². The number of hydrogen-bond acceptors (Lipinski definition) is 8. The fourth-order valence-corrected chi connectivity index (χ4v) is 4.00. The van der Waals surface area contributed by atoms with Crippen LogP contribution in [-0.4, -0.2) is 64.2 Å². The number of methoxy groups -OCH3 is 2. The Bertz CT molecular complexity index is 1030. The van der Waals surface area contributed by atoms with Gasteiger partial charge in [-0.05, 0) is 12.1 Å². The zero-order valence-electron chi connectivity index (χ0n) is 16.7. The lowest BCUT2D eigenvalue weighted by Crippen LogP contribution is -2.33. The molecule has 10 heteroatoms. The molecule has 30 heavy (non-hydrogen) atoms. The molecule has 1 aliphatic heterocycles. The van der Waals surface area contributed by atoms with E-state index < -0.39 is 0 Å². The van der Waals surface area contributed by atoms with Gasteiger partial charge in [0.15, 0.2) is 0 Å². The Morgan fingerprint density at radius 2 is 1.87 bits per heavy atom. The van der Waals surface area contributed by atoms with Gasteiger partial charge in [0.1, 0.15) is 41.5 Å². The Kier molecular flexibility index (Phi) is 6.03. The fourth-order valence-electron chi connectivity index (χ4n) is 3.10. The monoisotopic (exact) mass is 426 g/mol. The van der Waals surface area contributed by atoms with Crippen LogP contribution in [0.1, 0.15) is 10.5 Å². The molecule has 0 saturated carbocycles. The molecule has 0 atom stereocenters. The topological polar surface area (TPSA) is 94.4 Å². The van der Waals surface area contributed by atoms with E-state index in [0.717, 1.165) is 30.4 Å². The van der Waals surface area contributed by atoms with Crippen LogP contribution in [0.3, 0.4) is 0 Å². The molecule has 1 aromatic carbocycles. The lowest BCUT2D eigenvalue weighted by molar-refractivity contribution is 0.102. The summed E-state index contributed by atoms with van der Waals surface area (Å²) in [4.78, 5) is 27.9. The van der Waals surface area contributed by atoms with Crippen LogP contribution in [0, 0.1) is 0 Å². The zero-order valence-corrected chi connectivity index (χ0v) is 17.6. The van der Waals surface area contributed by atoms with E-state index in [2.05, 4.69) is 25.2 Å². The third-order valence-electron chi connectivity index (χ3n) is 4.71. The van der Waals surface area contributed by atoms with E-state index in [0.29, 0.717) is 23.0 Å². The number of carbonyl (C=O) groups excluding carboxylic acids is 1. The van der Waals surface area contributed by atoms with Crippen molar-refractivity contribution in [2.45, 2.75) is 0 Å². The van der Waals surface area contributed by atoms with Crippen molar-refractivity contribution in [3.8, 4) is 17.3 Å². The van der Waals surface area contributed by atoms with Gasteiger partial charge in [-0.15, -0.1) is 0 Å². The van der Waals surface area contributed by atoms with E-state index in [1.807, 2.05) is 17.8 Å². The molecule has 4 rings (SSSR count). The summed E-state index contributed by atoms with van der Waals surface area (Å²) in [5, 5.41) is 2.82. The summed E-state index contributed by atoms with van der Waals surface area (Å²) < 4.78 is 12.2. The smallest absolute Gasteiger partial charge is 0.275 e. The molecule has 3 aromatic rings. The highest BCUT2D eigenvalue weighted by Gasteiger charge is 2.16. The van der Waals surface area contributed by atoms with E-state index in [4.69, 9.17) is 9.47 Å². The molecule has 0 spiro atoms.